The molecule has 108 valence electrons. The Morgan fingerprint density at radius 2 is 2.15 bits per heavy atom. The average Bonchev–Trinajstić information content (AvgIpc) is 2.68. The fourth-order valence-corrected chi connectivity index (χ4v) is 2.23. The van der Waals surface area contributed by atoms with Crippen LogP contribution in [-0.4, -0.2) is 52.5 Å². The average molecular weight is 352 g/mol. The van der Waals surface area contributed by atoms with Crippen molar-refractivity contribution < 1.29 is 22.8 Å². The Balaban J connectivity index is 2.11. The SMILES string of the molecule is O=C1CN(C(=O)c2ccncc2Br)CN1CC(F)(F)F. The third kappa shape index (κ3) is 3.27. The minimum absolute atomic E-state index is 0.252. The van der Waals surface area contributed by atoms with Gasteiger partial charge >= 0.3 is 6.18 Å². The molecule has 0 aliphatic carbocycles. The number of amides is 2. The molecule has 0 bridgehead atoms. The molecule has 1 aromatic heterocycles. The van der Waals surface area contributed by atoms with Crippen LogP contribution in [0.1, 0.15) is 10.4 Å². The highest BCUT2D eigenvalue weighted by atomic mass is 79.9. The highest BCUT2D eigenvalue weighted by molar-refractivity contribution is 9.10. The third-order valence-electron chi connectivity index (χ3n) is 2.68. The number of alkyl halides is 3. The van der Waals surface area contributed by atoms with Crippen LogP contribution in [0, 0.1) is 0 Å². The number of rotatable bonds is 2. The maximum absolute atomic E-state index is 12.3. The molecule has 1 saturated heterocycles. The van der Waals surface area contributed by atoms with Gasteiger partial charge in [0.1, 0.15) is 13.1 Å². The van der Waals surface area contributed by atoms with Crippen molar-refractivity contribution in [2.45, 2.75) is 6.18 Å². The van der Waals surface area contributed by atoms with Crippen molar-refractivity contribution in [3.8, 4) is 0 Å². The molecule has 2 amide bonds. The van der Waals surface area contributed by atoms with Gasteiger partial charge in [-0.2, -0.15) is 13.2 Å². The lowest BCUT2D eigenvalue weighted by Crippen LogP contribution is -2.37. The Kier molecular flexibility index (Phi) is 3.98. The van der Waals surface area contributed by atoms with Crippen molar-refractivity contribution in [3.05, 3.63) is 28.5 Å². The van der Waals surface area contributed by atoms with Crippen LogP contribution in [-0.2, 0) is 4.79 Å². The predicted molar refractivity (Wildman–Crippen MR) is 65.6 cm³/mol. The van der Waals surface area contributed by atoms with Crippen molar-refractivity contribution >= 4 is 27.7 Å². The van der Waals surface area contributed by atoms with E-state index < -0.39 is 24.5 Å². The molecule has 2 heterocycles. The van der Waals surface area contributed by atoms with E-state index in [9.17, 15) is 22.8 Å². The number of carbonyl (C=O) groups excluding carboxylic acids is 2. The molecule has 20 heavy (non-hydrogen) atoms. The molecule has 0 radical (unpaired) electrons. The van der Waals surface area contributed by atoms with Gasteiger partial charge in [0, 0.05) is 16.9 Å². The van der Waals surface area contributed by atoms with Crippen LogP contribution < -0.4 is 0 Å². The van der Waals surface area contributed by atoms with Gasteiger partial charge in [0.2, 0.25) is 5.91 Å². The highest BCUT2D eigenvalue weighted by Gasteiger charge is 2.39. The smallest absolute Gasteiger partial charge is 0.314 e. The van der Waals surface area contributed by atoms with Crippen molar-refractivity contribution in [1.82, 2.24) is 14.8 Å². The molecule has 9 heteroatoms. The van der Waals surface area contributed by atoms with Crippen molar-refractivity contribution in [3.63, 3.8) is 0 Å². The lowest BCUT2D eigenvalue weighted by Gasteiger charge is -2.19. The van der Waals surface area contributed by atoms with Gasteiger partial charge in [-0.1, -0.05) is 0 Å². The van der Waals surface area contributed by atoms with Crippen LogP contribution in [0.3, 0.4) is 0 Å². The molecule has 0 aromatic carbocycles. The van der Waals surface area contributed by atoms with Crippen molar-refractivity contribution in [1.29, 1.82) is 0 Å². The number of hydrogen-bond donors (Lipinski definition) is 0. The summed E-state index contributed by atoms with van der Waals surface area (Å²) in [5.74, 6) is -1.24. The van der Waals surface area contributed by atoms with Crippen LogP contribution >= 0.6 is 15.9 Å². The maximum Gasteiger partial charge on any atom is 0.406 e. The highest BCUT2D eigenvalue weighted by Crippen LogP contribution is 2.22. The number of halogens is 4. The van der Waals surface area contributed by atoms with Crippen molar-refractivity contribution in [2.24, 2.45) is 0 Å². The second-order valence-corrected chi connectivity index (χ2v) is 5.06. The lowest BCUT2D eigenvalue weighted by molar-refractivity contribution is -0.157. The zero-order chi connectivity index (χ0) is 14.9. The largest absolute Gasteiger partial charge is 0.406 e. The first-order chi connectivity index (χ1) is 9.28. The van der Waals surface area contributed by atoms with E-state index in [4.69, 9.17) is 0 Å². The number of carbonyl (C=O) groups is 2. The van der Waals surface area contributed by atoms with Crippen LogP contribution in [0.15, 0.2) is 22.9 Å². The topological polar surface area (TPSA) is 53.5 Å². The summed E-state index contributed by atoms with van der Waals surface area (Å²) in [4.78, 5) is 29.1. The molecule has 0 unspecified atom stereocenters. The van der Waals surface area contributed by atoms with Gasteiger partial charge in [0.25, 0.3) is 5.91 Å². The Labute approximate surface area is 120 Å². The van der Waals surface area contributed by atoms with Gasteiger partial charge in [-0.05, 0) is 22.0 Å². The molecule has 0 saturated carbocycles. The van der Waals surface area contributed by atoms with E-state index in [1.54, 1.807) is 0 Å². The second-order valence-electron chi connectivity index (χ2n) is 4.21. The van der Waals surface area contributed by atoms with Gasteiger partial charge in [-0.25, -0.2) is 0 Å². The summed E-state index contributed by atoms with van der Waals surface area (Å²) in [6.07, 6.45) is -1.69. The van der Waals surface area contributed by atoms with Gasteiger partial charge in [0.05, 0.1) is 12.2 Å². The van der Waals surface area contributed by atoms with Crippen LogP contribution in [0.2, 0.25) is 0 Å². The molecular formula is C11H9BrF3N3O2. The first kappa shape index (κ1) is 14.8. The molecule has 0 spiro atoms. The lowest BCUT2D eigenvalue weighted by atomic mass is 10.2. The molecule has 1 aliphatic rings. The normalized spacial score (nSPS) is 15.9. The zero-order valence-corrected chi connectivity index (χ0v) is 11.6. The molecular weight excluding hydrogens is 343 g/mol. The van der Waals surface area contributed by atoms with Gasteiger partial charge in [0.15, 0.2) is 0 Å². The molecule has 0 N–H and O–H groups in total. The van der Waals surface area contributed by atoms with E-state index in [0.717, 1.165) is 4.90 Å². The first-order valence-corrected chi connectivity index (χ1v) is 6.30. The molecule has 1 fully saturated rings. The van der Waals surface area contributed by atoms with E-state index >= 15 is 0 Å². The summed E-state index contributed by atoms with van der Waals surface area (Å²) in [5.41, 5.74) is 0.252. The summed E-state index contributed by atoms with van der Waals surface area (Å²) < 4.78 is 37.3. The Bertz CT molecular complexity index is 550. The Morgan fingerprint density at radius 1 is 1.45 bits per heavy atom. The van der Waals surface area contributed by atoms with E-state index in [2.05, 4.69) is 20.9 Å². The summed E-state index contributed by atoms with van der Waals surface area (Å²) in [5, 5.41) is 0. The van der Waals surface area contributed by atoms with E-state index in [-0.39, 0.29) is 18.8 Å². The number of hydrogen-bond acceptors (Lipinski definition) is 3. The molecule has 0 atom stereocenters. The number of pyridine rings is 1. The molecule has 2 rings (SSSR count). The maximum atomic E-state index is 12.3. The summed E-state index contributed by atoms with van der Waals surface area (Å²) in [6.45, 7) is -2.08. The Morgan fingerprint density at radius 3 is 2.75 bits per heavy atom. The minimum Gasteiger partial charge on any atom is -0.314 e. The predicted octanol–water partition coefficient (Wildman–Crippen LogP) is 1.65. The summed E-state index contributed by atoms with van der Waals surface area (Å²) in [6, 6.07) is 1.43. The third-order valence-corrected chi connectivity index (χ3v) is 3.31. The van der Waals surface area contributed by atoms with Crippen LogP contribution in [0.5, 0.6) is 0 Å². The van der Waals surface area contributed by atoms with Gasteiger partial charge in [-0.3, -0.25) is 14.6 Å². The molecule has 1 aromatic rings. The van der Waals surface area contributed by atoms with Gasteiger partial charge in [-0.15, -0.1) is 0 Å². The van der Waals surface area contributed by atoms with E-state index in [1.807, 2.05) is 0 Å². The fourth-order valence-electron chi connectivity index (χ4n) is 1.81. The summed E-state index contributed by atoms with van der Waals surface area (Å²) in [7, 11) is 0. The standard InChI is InChI=1S/C11H9BrF3N3O2/c12-8-3-16-2-1-7(8)10(20)17-4-9(19)18(6-17)5-11(13,14)15/h1-3H,4-6H2. The first-order valence-electron chi connectivity index (χ1n) is 5.51. The van der Waals surface area contributed by atoms with Crippen LogP contribution in [0.4, 0.5) is 13.2 Å². The minimum atomic E-state index is -4.48. The molecule has 5 nitrogen and oxygen atoms in total. The number of aromatic nitrogens is 1. The van der Waals surface area contributed by atoms with Gasteiger partial charge < -0.3 is 9.80 Å². The molecule has 1 aliphatic heterocycles. The second kappa shape index (κ2) is 5.39. The fraction of sp³-hybridized carbons (Fsp3) is 0.364. The number of nitrogens with zero attached hydrogens (tertiary/aromatic N) is 3. The zero-order valence-electron chi connectivity index (χ0n) is 10.0. The summed E-state index contributed by atoms with van der Waals surface area (Å²) >= 11 is 3.13. The van der Waals surface area contributed by atoms with E-state index in [1.165, 1.54) is 18.5 Å². The monoisotopic (exact) mass is 351 g/mol. The van der Waals surface area contributed by atoms with E-state index in [0.29, 0.717) is 9.37 Å². The van der Waals surface area contributed by atoms with Crippen LogP contribution in [0.25, 0.3) is 0 Å². The van der Waals surface area contributed by atoms with Crippen molar-refractivity contribution in [2.75, 3.05) is 19.8 Å². The quantitative estimate of drug-likeness (QED) is 0.814. The Hall–Kier alpha value is -1.64.